The number of pyridine rings is 1. The second-order valence-electron chi connectivity index (χ2n) is 4.64. The Bertz CT molecular complexity index is 547. The number of carbonyl (C=O) groups excluding carboxylic acids is 2. The molecule has 0 amide bonds. The van der Waals surface area contributed by atoms with Crippen LogP contribution in [0.2, 0.25) is 0 Å². The third kappa shape index (κ3) is 2.92. The van der Waals surface area contributed by atoms with E-state index >= 15 is 0 Å². The largest absolute Gasteiger partial charge is 0.462 e. The molecule has 5 heteroatoms. The second kappa shape index (κ2) is 5.82. The van der Waals surface area contributed by atoms with Gasteiger partial charge in [-0.2, -0.15) is 0 Å². The summed E-state index contributed by atoms with van der Waals surface area (Å²) >= 11 is 0. The maximum atomic E-state index is 11.8. The molecule has 1 aromatic rings. The molecule has 19 heavy (non-hydrogen) atoms. The van der Waals surface area contributed by atoms with Crippen LogP contribution in [-0.4, -0.2) is 23.3 Å². The molecule has 1 aromatic heterocycles. The number of rotatable bonds is 3. The minimum Gasteiger partial charge on any atom is -0.462 e. The van der Waals surface area contributed by atoms with E-state index in [2.05, 4.69) is 4.98 Å². The molecule has 5 nitrogen and oxygen atoms in total. The van der Waals surface area contributed by atoms with E-state index < -0.39 is 11.5 Å². The van der Waals surface area contributed by atoms with E-state index in [0.717, 1.165) is 19.3 Å². The van der Waals surface area contributed by atoms with Gasteiger partial charge in [-0.3, -0.25) is 9.59 Å². The van der Waals surface area contributed by atoms with Crippen LogP contribution in [0.15, 0.2) is 16.9 Å². The maximum Gasteiger partial charge on any atom is 0.343 e. The molecular formula is C14H17NO4. The molecule has 1 N–H and O–H groups in total. The number of aromatic nitrogens is 1. The molecule has 0 aromatic carbocycles. The molecule has 1 unspecified atom stereocenters. The molecule has 102 valence electrons. The van der Waals surface area contributed by atoms with Crippen molar-refractivity contribution in [2.45, 2.75) is 38.5 Å². The highest BCUT2D eigenvalue weighted by molar-refractivity contribution is 5.89. The van der Waals surface area contributed by atoms with Crippen LogP contribution in [0.5, 0.6) is 0 Å². The van der Waals surface area contributed by atoms with Gasteiger partial charge < -0.3 is 9.72 Å². The Morgan fingerprint density at radius 3 is 2.79 bits per heavy atom. The second-order valence-corrected chi connectivity index (χ2v) is 4.64. The first kappa shape index (κ1) is 13.5. The molecule has 1 aliphatic carbocycles. The Balaban J connectivity index is 2.26. The Labute approximate surface area is 111 Å². The summed E-state index contributed by atoms with van der Waals surface area (Å²) in [6.07, 6.45) is 3.22. The summed E-state index contributed by atoms with van der Waals surface area (Å²) < 4.78 is 4.79. The molecule has 0 radical (unpaired) electrons. The van der Waals surface area contributed by atoms with Crippen LogP contribution < -0.4 is 5.56 Å². The van der Waals surface area contributed by atoms with Gasteiger partial charge in [0.25, 0.3) is 5.56 Å². The van der Waals surface area contributed by atoms with Gasteiger partial charge >= 0.3 is 5.97 Å². The average Bonchev–Trinajstić information content (AvgIpc) is 2.39. The Hall–Kier alpha value is -1.91. The van der Waals surface area contributed by atoms with E-state index in [4.69, 9.17) is 4.74 Å². The molecule has 1 fully saturated rings. The van der Waals surface area contributed by atoms with Gasteiger partial charge in [0.1, 0.15) is 11.3 Å². The van der Waals surface area contributed by atoms with Crippen molar-refractivity contribution >= 4 is 11.8 Å². The zero-order valence-electron chi connectivity index (χ0n) is 10.9. The number of Topliss-reactive ketones (excluding diaryl/α,β-unsaturated/α-hetero) is 1. The quantitative estimate of drug-likeness (QED) is 0.843. The van der Waals surface area contributed by atoms with Crippen LogP contribution in [0, 0.1) is 0 Å². The number of hydrogen-bond acceptors (Lipinski definition) is 4. The molecule has 1 saturated carbocycles. The van der Waals surface area contributed by atoms with Crippen molar-refractivity contribution in [1.29, 1.82) is 0 Å². The van der Waals surface area contributed by atoms with Gasteiger partial charge in [0.05, 0.1) is 12.5 Å². The topological polar surface area (TPSA) is 76.2 Å². The van der Waals surface area contributed by atoms with Crippen LogP contribution in [0.1, 0.15) is 54.6 Å². The highest BCUT2D eigenvalue weighted by Gasteiger charge is 2.25. The lowest BCUT2D eigenvalue weighted by Crippen LogP contribution is -2.24. The molecule has 0 aliphatic heterocycles. The van der Waals surface area contributed by atoms with Crippen LogP contribution >= 0.6 is 0 Å². The molecule has 0 saturated heterocycles. The van der Waals surface area contributed by atoms with E-state index in [1.165, 1.54) is 6.07 Å². The predicted molar refractivity (Wildman–Crippen MR) is 69.2 cm³/mol. The summed E-state index contributed by atoms with van der Waals surface area (Å²) in [6.45, 7) is 1.91. The fourth-order valence-electron chi connectivity index (χ4n) is 2.37. The van der Waals surface area contributed by atoms with Crippen molar-refractivity contribution in [3.63, 3.8) is 0 Å². The van der Waals surface area contributed by atoms with Crippen LogP contribution in [0.25, 0.3) is 0 Å². The molecule has 0 bridgehead atoms. The molecule has 1 aliphatic rings. The van der Waals surface area contributed by atoms with E-state index in [1.807, 2.05) is 0 Å². The smallest absolute Gasteiger partial charge is 0.343 e. The van der Waals surface area contributed by atoms with Gasteiger partial charge in [-0.15, -0.1) is 0 Å². The third-order valence-electron chi connectivity index (χ3n) is 3.36. The fraction of sp³-hybridized carbons (Fsp3) is 0.500. The number of aromatic amines is 1. The number of carbonyl (C=O) groups is 2. The number of ether oxygens (including phenoxy) is 1. The molecule has 0 spiro atoms. The first-order valence-electron chi connectivity index (χ1n) is 6.56. The maximum absolute atomic E-state index is 11.8. The summed E-state index contributed by atoms with van der Waals surface area (Å²) in [5.41, 5.74) is 0.0888. The van der Waals surface area contributed by atoms with Crippen molar-refractivity contribution in [3.8, 4) is 0 Å². The molecular weight excluding hydrogens is 246 g/mol. The van der Waals surface area contributed by atoms with Crippen LogP contribution in [-0.2, 0) is 9.53 Å². The highest BCUT2D eigenvalue weighted by atomic mass is 16.5. The minimum absolute atomic E-state index is 0.0196. The highest BCUT2D eigenvalue weighted by Crippen LogP contribution is 2.28. The molecule has 1 atom stereocenters. The van der Waals surface area contributed by atoms with Crippen LogP contribution in [0.4, 0.5) is 0 Å². The van der Waals surface area contributed by atoms with E-state index in [-0.39, 0.29) is 23.9 Å². The lowest BCUT2D eigenvalue weighted by molar-refractivity contribution is -0.121. The van der Waals surface area contributed by atoms with Gasteiger partial charge in [0, 0.05) is 12.1 Å². The summed E-state index contributed by atoms with van der Waals surface area (Å²) in [5.74, 6) is -0.714. The number of hydrogen-bond donors (Lipinski definition) is 1. The number of H-pyrrole nitrogens is 1. The number of esters is 1. The van der Waals surface area contributed by atoms with Crippen molar-refractivity contribution in [1.82, 2.24) is 4.98 Å². The summed E-state index contributed by atoms with van der Waals surface area (Å²) in [6, 6.07) is 3.08. The monoisotopic (exact) mass is 263 g/mol. The molecule has 1 heterocycles. The summed E-state index contributed by atoms with van der Waals surface area (Å²) in [4.78, 5) is 37.8. The van der Waals surface area contributed by atoms with Crippen molar-refractivity contribution in [2.24, 2.45) is 0 Å². The first-order valence-corrected chi connectivity index (χ1v) is 6.56. The van der Waals surface area contributed by atoms with Crippen molar-refractivity contribution < 1.29 is 14.3 Å². The minimum atomic E-state index is -0.634. The Morgan fingerprint density at radius 1 is 1.37 bits per heavy atom. The van der Waals surface area contributed by atoms with E-state index in [0.29, 0.717) is 12.1 Å². The van der Waals surface area contributed by atoms with Crippen molar-refractivity contribution in [3.05, 3.63) is 33.7 Å². The van der Waals surface area contributed by atoms with Crippen molar-refractivity contribution in [2.75, 3.05) is 6.61 Å². The summed E-state index contributed by atoms with van der Waals surface area (Å²) in [5, 5.41) is 0. The fourth-order valence-corrected chi connectivity index (χ4v) is 2.37. The normalized spacial score (nSPS) is 19.2. The Morgan fingerprint density at radius 2 is 2.16 bits per heavy atom. The van der Waals surface area contributed by atoms with Gasteiger partial charge in [0.15, 0.2) is 0 Å². The predicted octanol–water partition coefficient (Wildman–Crippen LogP) is 1.78. The molecule has 2 rings (SSSR count). The first-order chi connectivity index (χ1) is 9.13. The van der Waals surface area contributed by atoms with Gasteiger partial charge in [-0.25, -0.2) is 4.79 Å². The number of nitrogens with one attached hydrogen (secondary N) is 1. The third-order valence-corrected chi connectivity index (χ3v) is 3.36. The lowest BCUT2D eigenvalue weighted by Gasteiger charge is -2.20. The van der Waals surface area contributed by atoms with Crippen LogP contribution in [0.3, 0.4) is 0 Å². The SMILES string of the molecule is CCOC(=O)c1ccc(C2CCCCC2=O)[nH]c1=O. The van der Waals surface area contributed by atoms with Gasteiger partial charge in [-0.1, -0.05) is 6.42 Å². The van der Waals surface area contributed by atoms with Gasteiger partial charge in [-0.05, 0) is 31.9 Å². The zero-order valence-corrected chi connectivity index (χ0v) is 10.9. The summed E-state index contributed by atoms with van der Waals surface area (Å²) in [7, 11) is 0. The standard InChI is InChI=1S/C14H17NO4/c1-2-19-14(18)10-7-8-11(15-13(10)17)9-5-3-4-6-12(9)16/h7-9H,2-6H2,1H3,(H,15,17). The lowest BCUT2D eigenvalue weighted by atomic mass is 9.85. The van der Waals surface area contributed by atoms with Gasteiger partial charge in [0.2, 0.25) is 0 Å². The average molecular weight is 263 g/mol. The number of ketones is 1. The zero-order chi connectivity index (χ0) is 13.8. The van der Waals surface area contributed by atoms with E-state index in [1.54, 1.807) is 13.0 Å². The Kier molecular flexibility index (Phi) is 4.14. The van der Waals surface area contributed by atoms with E-state index in [9.17, 15) is 14.4 Å².